The van der Waals surface area contributed by atoms with E-state index in [1.165, 1.54) is 6.33 Å². The van der Waals surface area contributed by atoms with Crippen molar-refractivity contribution in [3.63, 3.8) is 0 Å². The van der Waals surface area contributed by atoms with Gasteiger partial charge >= 0.3 is 0 Å². The third-order valence-corrected chi connectivity index (χ3v) is 2.22. The summed E-state index contributed by atoms with van der Waals surface area (Å²) in [4.78, 5) is 18.2. The van der Waals surface area contributed by atoms with Gasteiger partial charge in [-0.15, -0.1) is 0 Å². The maximum atomic E-state index is 11.5. The molecule has 5 heteroatoms. The van der Waals surface area contributed by atoms with Crippen molar-refractivity contribution in [1.29, 1.82) is 0 Å². The van der Waals surface area contributed by atoms with E-state index in [0.29, 0.717) is 10.9 Å². The summed E-state index contributed by atoms with van der Waals surface area (Å²) < 4.78 is 0. The first-order valence-corrected chi connectivity index (χ1v) is 4.16. The molecule has 0 unspecified atom stereocenters. The van der Waals surface area contributed by atoms with Gasteiger partial charge in [0.15, 0.2) is 0 Å². The molecule has 1 aromatic carbocycles. The maximum Gasteiger partial charge on any atom is 0.260 e. The number of nitrogens with zero attached hydrogens (tertiary/aromatic N) is 2. The highest BCUT2D eigenvalue weighted by Gasteiger charge is 2.05. The van der Waals surface area contributed by atoms with Gasteiger partial charge < -0.3 is 4.98 Å². The molecule has 0 bridgehead atoms. The third-order valence-electron chi connectivity index (χ3n) is 2.22. The van der Waals surface area contributed by atoms with E-state index in [0.717, 1.165) is 10.9 Å². The largest absolute Gasteiger partial charge is 0.313 e. The molecule has 0 spiro atoms. The zero-order chi connectivity index (χ0) is 9.54. The van der Waals surface area contributed by atoms with Gasteiger partial charge in [0, 0.05) is 5.39 Å². The van der Waals surface area contributed by atoms with Crippen LogP contribution in [0.2, 0.25) is 0 Å². The molecule has 3 rings (SSSR count). The molecule has 0 aliphatic heterocycles. The number of H-pyrrole nitrogens is 2. The van der Waals surface area contributed by atoms with Gasteiger partial charge in [0.05, 0.1) is 28.9 Å². The van der Waals surface area contributed by atoms with E-state index >= 15 is 0 Å². The monoisotopic (exact) mass is 186 g/mol. The Hall–Kier alpha value is -2.17. The number of aromatic nitrogens is 4. The number of aromatic amines is 2. The van der Waals surface area contributed by atoms with Gasteiger partial charge in [-0.3, -0.25) is 9.89 Å². The molecule has 0 aliphatic carbocycles. The summed E-state index contributed by atoms with van der Waals surface area (Å²) >= 11 is 0. The molecule has 2 heterocycles. The fourth-order valence-corrected chi connectivity index (χ4v) is 1.57. The zero-order valence-electron chi connectivity index (χ0n) is 7.11. The minimum atomic E-state index is -0.148. The lowest BCUT2D eigenvalue weighted by atomic mass is 10.2. The van der Waals surface area contributed by atoms with Crippen molar-refractivity contribution >= 4 is 21.8 Å². The summed E-state index contributed by atoms with van der Waals surface area (Å²) in [6.07, 6.45) is 3.08. The Morgan fingerprint density at radius 1 is 1.29 bits per heavy atom. The standard InChI is InChI=1S/C9H6N4O/c14-9-7-6(10-4-11-9)2-1-5-3-12-13-8(5)7/h1-4H,(H,12,13)(H,10,11,14). The van der Waals surface area contributed by atoms with Gasteiger partial charge in [-0.25, -0.2) is 4.98 Å². The minimum absolute atomic E-state index is 0.148. The van der Waals surface area contributed by atoms with E-state index < -0.39 is 0 Å². The molecule has 0 fully saturated rings. The Morgan fingerprint density at radius 2 is 2.21 bits per heavy atom. The Morgan fingerprint density at radius 3 is 3.14 bits per heavy atom. The third kappa shape index (κ3) is 0.806. The number of benzene rings is 1. The first-order valence-electron chi connectivity index (χ1n) is 4.16. The molecule has 0 atom stereocenters. The molecule has 0 radical (unpaired) electrons. The number of hydrogen-bond donors (Lipinski definition) is 2. The van der Waals surface area contributed by atoms with Crippen molar-refractivity contribution in [2.75, 3.05) is 0 Å². The van der Waals surface area contributed by atoms with Crippen LogP contribution in [0.3, 0.4) is 0 Å². The predicted octanol–water partition coefficient (Wildman–Crippen LogP) is 0.799. The van der Waals surface area contributed by atoms with E-state index in [9.17, 15) is 4.79 Å². The van der Waals surface area contributed by atoms with Crippen molar-refractivity contribution in [3.05, 3.63) is 35.0 Å². The molecule has 0 saturated heterocycles. The highest BCUT2D eigenvalue weighted by molar-refractivity contribution is 6.02. The molecular weight excluding hydrogens is 180 g/mol. The second-order valence-electron chi connectivity index (χ2n) is 3.03. The van der Waals surface area contributed by atoms with Gasteiger partial charge in [0.1, 0.15) is 0 Å². The van der Waals surface area contributed by atoms with E-state index in [2.05, 4.69) is 20.2 Å². The molecule has 14 heavy (non-hydrogen) atoms. The van der Waals surface area contributed by atoms with Crippen LogP contribution in [0, 0.1) is 0 Å². The maximum absolute atomic E-state index is 11.5. The second kappa shape index (κ2) is 2.41. The van der Waals surface area contributed by atoms with Crippen LogP contribution in [0.4, 0.5) is 0 Å². The average molecular weight is 186 g/mol. The topological polar surface area (TPSA) is 74.4 Å². The molecule has 3 aromatic rings. The highest BCUT2D eigenvalue weighted by Crippen LogP contribution is 2.17. The predicted molar refractivity (Wildman–Crippen MR) is 52.0 cm³/mol. The summed E-state index contributed by atoms with van der Waals surface area (Å²) in [6.45, 7) is 0. The molecule has 0 amide bonds. The van der Waals surface area contributed by atoms with Crippen LogP contribution in [-0.4, -0.2) is 20.2 Å². The lowest BCUT2D eigenvalue weighted by Crippen LogP contribution is -2.06. The molecule has 0 aliphatic rings. The van der Waals surface area contributed by atoms with Crippen molar-refractivity contribution in [3.8, 4) is 0 Å². The number of rotatable bonds is 0. The number of fused-ring (bicyclic) bond motifs is 3. The van der Waals surface area contributed by atoms with Crippen LogP contribution in [0.5, 0.6) is 0 Å². The Kier molecular flexibility index (Phi) is 1.25. The Balaban J connectivity index is 2.74. The fraction of sp³-hybridized carbons (Fsp3) is 0. The number of hydrogen-bond acceptors (Lipinski definition) is 3. The SMILES string of the molecule is O=c1[nH]cnc2ccc3cn[nH]c3c12. The smallest absolute Gasteiger partial charge is 0.260 e. The van der Waals surface area contributed by atoms with E-state index in [1.807, 2.05) is 12.1 Å². The summed E-state index contributed by atoms with van der Waals surface area (Å²) in [5.41, 5.74) is 1.26. The summed E-state index contributed by atoms with van der Waals surface area (Å²) in [6, 6.07) is 3.69. The molecule has 0 saturated carbocycles. The Bertz CT molecular complexity index is 667. The minimum Gasteiger partial charge on any atom is -0.313 e. The van der Waals surface area contributed by atoms with E-state index in [1.54, 1.807) is 6.20 Å². The van der Waals surface area contributed by atoms with Crippen LogP contribution < -0.4 is 5.56 Å². The number of nitrogens with one attached hydrogen (secondary N) is 2. The van der Waals surface area contributed by atoms with E-state index in [-0.39, 0.29) is 5.56 Å². The van der Waals surface area contributed by atoms with Gasteiger partial charge in [-0.2, -0.15) is 5.10 Å². The molecule has 2 N–H and O–H groups in total. The molecule has 5 nitrogen and oxygen atoms in total. The summed E-state index contributed by atoms with van der Waals surface area (Å²) in [5, 5.41) is 8.15. The van der Waals surface area contributed by atoms with Crippen LogP contribution in [0.15, 0.2) is 29.5 Å². The average Bonchev–Trinajstić information content (AvgIpc) is 2.65. The zero-order valence-corrected chi connectivity index (χ0v) is 7.11. The highest BCUT2D eigenvalue weighted by atomic mass is 16.1. The summed E-state index contributed by atoms with van der Waals surface area (Å²) in [7, 11) is 0. The van der Waals surface area contributed by atoms with Gasteiger partial charge in [0.2, 0.25) is 0 Å². The molecule has 2 aromatic heterocycles. The van der Waals surface area contributed by atoms with Crippen molar-refractivity contribution in [2.45, 2.75) is 0 Å². The van der Waals surface area contributed by atoms with Crippen LogP contribution in [0.1, 0.15) is 0 Å². The first kappa shape index (κ1) is 7.25. The van der Waals surface area contributed by atoms with Gasteiger partial charge in [-0.1, -0.05) is 0 Å². The second-order valence-corrected chi connectivity index (χ2v) is 3.03. The lowest BCUT2D eigenvalue weighted by Gasteiger charge is -1.95. The summed E-state index contributed by atoms with van der Waals surface area (Å²) in [5.74, 6) is 0. The van der Waals surface area contributed by atoms with Gasteiger partial charge in [0.25, 0.3) is 5.56 Å². The van der Waals surface area contributed by atoms with Crippen LogP contribution >= 0.6 is 0 Å². The van der Waals surface area contributed by atoms with Gasteiger partial charge in [-0.05, 0) is 12.1 Å². The van der Waals surface area contributed by atoms with E-state index in [4.69, 9.17) is 0 Å². The fourth-order valence-electron chi connectivity index (χ4n) is 1.57. The first-order chi connectivity index (χ1) is 6.86. The quantitative estimate of drug-likeness (QED) is 0.545. The lowest BCUT2D eigenvalue weighted by molar-refractivity contribution is 1.12. The van der Waals surface area contributed by atoms with Crippen molar-refractivity contribution in [1.82, 2.24) is 20.2 Å². The van der Waals surface area contributed by atoms with Crippen molar-refractivity contribution in [2.24, 2.45) is 0 Å². The van der Waals surface area contributed by atoms with Crippen LogP contribution in [-0.2, 0) is 0 Å². The molecular formula is C9H6N4O. The van der Waals surface area contributed by atoms with Crippen LogP contribution in [0.25, 0.3) is 21.8 Å². The normalized spacial score (nSPS) is 11.1. The Labute approximate surface area is 77.8 Å². The molecule has 68 valence electrons. The van der Waals surface area contributed by atoms with Crippen molar-refractivity contribution < 1.29 is 0 Å².